The Hall–Kier alpha value is -10.0. The highest BCUT2D eigenvalue weighted by molar-refractivity contribution is 7.93. The van der Waals surface area contributed by atoms with Crippen molar-refractivity contribution < 1.29 is 68.7 Å². The number of alkyl halides is 3. The van der Waals surface area contributed by atoms with Gasteiger partial charge < -0.3 is 54.4 Å². The van der Waals surface area contributed by atoms with Gasteiger partial charge >= 0.3 is 6.18 Å². The van der Waals surface area contributed by atoms with Gasteiger partial charge in [-0.3, -0.25) is 33.0 Å². The number of nitrogens with two attached hydrogens (primary N) is 1. The van der Waals surface area contributed by atoms with Gasteiger partial charge in [0, 0.05) is 159 Å². The van der Waals surface area contributed by atoms with E-state index in [0.29, 0.717) is 94.9 Å². The second kappa shape index (κ2) is 36.7. The molecular formula is C72H83Cl3F3N16O11S3-. The minimum absolute atomic E-state index is 0. The van der Waals surface area contributed by atoms with Crippen LogP contribution >= 0.6 is 34.8 Å². The van der Waals surface area contributed by atoms with Crippen LogP contribution in [0.2, 0.25) is 15.1 Å². The van der Waals surface area contributed by atoms with Crippen molar-refractivity contribution in [2.75, 3.05) is 120 Å². The van der Waals surface area contributed by atoms with Crippen molar-refractivity contribution in [2.45, 2.75) is 65.8 Å². The number of benzene rings is 6. The van der Waals surface area contributed by atoms with Crippen molar-refractivity contribution in [1.29, 1.82) is 0 Å². The SMILES string of the molecule is CC(Oc1ccc(Cl)c(C(F)(F)F)c1)C(=O)N1CCN(c2ccc(S(=O)[O-])cc2)CC1.C[C@H](C(=O)N1CCN(c2ccc(S(=O)(=O)Nc3cnccn3)cc2)CC1)N1CCCc2cc(Cl)ccc21.Nc1ccncn1.O=C(C(O)c1ccccc1Cl)N1CCN(c2ccc(S(=O)(=O)Nc3ccncn3)cc2)CC1.[HH].[HH].[HH].[HH]. The van der Waals surface area contributed by atoms with Crippen LogP contribution in [-0.2, 0) is 58.1 Å². The van der Waals surface area contributed by atoms with E-state index in [-0.39, 0.29) is 61.5 Å². The van der Waals surface area contributed by atoms with Crippen LogP contribution in [0, 0.1) is 0 Å². The number of hydrogen-bond acceptors (Lipinski definition) is 22. The maximum Gasteiger partial charge on any atom is 0.417 e. The molecule has 7 heterocycles. The molecule has 27 nitrogen and oxygen atoms in total. The van der Waals surface area contributed by atoms with E-state index in [4.69, 9.17) is 45.3 Å². The summed E-state index contributed by atoms with van der Waals surface area (Å²) in [5.41, 5.74) is 9.46. The van der Waals surface area contributed by atoms with Gasteiger partial charge in [-0.15, -0.1) is 0 Å². The average Bonchev–Trinajstić information content (AvgIpc) is 0.788. The monoisotopic (exact) mass is 1610 g/mol. The maximum absolute atomic E-state index is 13.4. The van der Waals surface area contributed by atoms with E-state index >= 15 is 0 Å². The van der Waals surface area contributed by atoms with Gasteiger partial charge in [0.2, 0.25) is 5.91 Å². The van der Waals surface area contributed by atoms with Crippen molar-refractivity contribution in [2.24, 2.45) is 0 Å². The Bertz CT molecular complexity index is 4810. The third-order valence-corrected chi connectivity index (χ3v) is 22.1. The number of piperazine rings is 3. The standard InChI is InChI=1S/C26H29ClN6O3S.C22H22ClN5O4S.C20H20ClF3N2O4S.C4H5N3.4H2/c1-19(33-12-2-3-20-17-21(27)4-9-24(20)33)26(34)32-15-13-31(14-16-32)22-5-7-23(8-6-22)37(35,36)30-25-18-28-10-11-29-25;23-19-4-2-1-3-18(19)21(29)22(30)28-13-11-27(12-14-28)16-5-7-17(8-6-16)33(31,32)26-20-9-10-24-15-25-20;1-13(30-15-4-7-18(21)17(12-15)20(22,23)24)19(27)26-10-8-25(9-11-26)14-2-5-16(6-3-14)31(28)29;5-4-1-2-6-3-7-4;;;;/h4-11,17-19H,2-3,12-16H2,1H3,(H,29,30);1-10,15,21,29H,11-14H2,(H,24,25,26);2-7,12-13H,8-11H2,1H3,(H,28,29);1-3H,(H2,5,6,7);4*1H/p-1/t19-;;;;;;;/m1......./s1. The number of sulfonamides is 2. The Balaban J connectivity index is 0.000000247. The third kappa shape index (κ3) is 21.4. The molecule has 4 aliphatic rings. The molecule has 0 spiro atoms. The second-order valence-electron chi connectivity index (χ2n) is 24.8. The van der Waals surface area contributed by atoms with E-state index in [1.165, 1.54) is 86.3 Å². The number of fused-ring (bicyclic) bond motifs is 1. The largest absolute Gasteiger partial charge is 0.768 e. The molecule has 6 aromatic carbocycles. The topological polar surface area (TPSA) is 339 Å². The Morgan fingerprint density at radius 2 is 1.12 bits per heavy atom. The van der Waals surface area contributed by atoms with Crippen molar-refractivity contribution in [3.8, 4) is 5.75 Å². The summed E-state index contributed by atoms with van der Waals surface area (Å²) < 4.78 is 122. The Labute approximate surface area is 645 Å². The van der Waals surface area contributed by atoms with Crippen LogP contribution in [0.25, 0.3) is 0 Å². The number of nitrogens with one attached hydrogen (secondary N) is 2. The van der Waals surface area contributed by atoms with Gasteiger partial charge in [-0.1, -0.05) is 53.0 Å². The first-order chi connectivity index (χ1) is 51.6. The molecule has 4 atom stereocenters. The summed E-state index contributed by atoms with van der Waals surface area (Å²) in [7, 11) is -7.53. The first-order valence-corrected chi connectivity index (χ1v) is 38.9. The number of halogens is 6. The average molecular weight is 1610 g/mol. The Kier molecular flexibility index (Phi) is 27.4. The number of nitrogens with zero attached hydrogens (tertiary/aromatic N) is 13. The fraction of sp³-hybridized carbons (Fsp3) is 0.292. The van der Waals surface area contributed by atoms with Crippen LogP contribution in [0.15, 0.2) is 204 Å². The van der Waals surface area contributed by atoms with Gasteiger partial charge in [0.1, 0.15) is 36.1 Å². The zero-order valence-corrected chi connectivity index (χ0v) is 62.9. The molecule has 0 saturated carbocycles. The molecule has 0 bridgehead atoms. The molecule has 5 N–H and O–H groups in total. The number of amides is 3. The number of carbonyl (C=O) groups is 3. The summed E-state index contributed by atoms with van der Waals surface area (Å²) in [5.74, 6) is 0.175. The van der Waals surface area contributed by atoms with E-state index in [1.54, 1.807) is 94.9 Å². The molecule has 108 heavy (non-hydrogen) atoms. The predicted octanol–water partition coefficient (Wildman–Crippen LogP) is 10.5. The van der Waals surface area contributed by atoms with Gasteiger partial charge in [-0.05, 0) is 171 Å². The lowest BCUT2D eigenvalue weighted by atomic mass is 10.00. The van der Waals surface area contributed by atoms with Crippen LogP contribution in [0.5, 0.6) is 5.75 Å². The number of rotatable bonds is 17. The van der Waals surface area contributed by atoms with Crippen LogP contribution in [0.3, 0.4) is 0 Å². The number of nitrogen functional groups attached to an aromatic ring is 1. The van der Waals surface area contributed by atoms with E-state index in [9.17, 15) is 58.3 Å². The highest BCUT2D eigenvalue weighted by Crippen LogP contribution is 2.38. The lowest BCUT2D eigenvalue weighted by Gasteiger charge is -2.41. The van der Waals surface area contributed by atoms with Gasteiger partial charge in [-0.2, -0.15) is 13.2 Å². The van der Waals surface area contributed by atoms with Crippen molar-refractivity contribution >= 4 is 124 Å². The van der Waals surface area contributed by atoms with Crippen molar-refractivity contribution in [3.05, 3.63) is 221 Å². The van der Waals surface area contributed by atoms with Gasteiger partial charge in [0.25, 0.3) is 31.9 Å². The lowest BCUT2D eigenvalue weighted by molar-refractivity contribution is -0.141. The number of aryl methyl sites for hydroxylation is 1. The highest BCUT2D eigenvalue weighted by atomic mass is 35.5. The Morgan fingerprint density at radius 1 is 0.593 bits per heavy atom. The van der Waals surface area contributed by atoms with Crippen molar-refractivity contribution in [3.63, 3.8) is 0 Å². The molecule has 13 rings (SSSR count). The van der Waals surface area contributed by atoms with Crippen molar-refractivity contribution in [1.82, 2.24) is 44.6 Å². The summed E-state index contributed by atoms with van der Waals surface area (Å²) in [5, 5.41) is 11.1. The zero-order valence-electron chi connectivity index (χ0n) is 58.1. The fourth-order valence-electron chi connectivity index (χ4n) is 12.1. The van der Waals surface area contributed by atoms with Crippen LogP contribution in [-0.4, -0.2) is 190 Å². The number of aliphatic hydroxyl groups excluding tert-OH is 1. The number of aliphatic hydroxyl groups is 1. The molecule has 9 aromatic rings. The van der Waals surface area contributed by atoms with E-state index in [0.717, 1.165) is 59.3 Å². The van der Waals surface area contributed by atoms with Crippen LogP contribution in [0.4, 0.5) is 53.4 Å². The summed E-state index contributed by atoms with van der Waals surface area (Å²) in [6, 6.07) is 38.3. The van der Waals surface area contributed by atoms with E-state index in [1.807, 2.05) is 34.9 Å². The molecule has 0 aliphatic carbocycles. The third-order valence-electron chi connectivity index (χ3n) is 17.8. The van der Waals surface area contributed by atoms with E-state index in [2.05, 4.69) is 54.0 Å². The molecule has 36 heteroatoms. The van der Waals surface area contributed by atoms with Gasteiger partial charge in [0.05, 0.1) is 26.6 Å². The van der Waals surface area contributed by atoms with Crippen LogP contribution in [0.1, 0.15) is 48.8 Å². The minimum Gasteiger partial charge on any atom is -0.768 e. The quantitative estimate of drug-likeness (QED) is 0.0615. The van der Waals surface area contributed by atoms with Gasteiger partial charge in [-0.25, -0.2) is 41.8 Å². The molecule has 3 fully saturated rings. The number of ether oxygens (including phenoxy) is 1. The zero-order chi connectivity index (χ0) is 77.3. The number of hydrogen-bond donors (Lipinski definition) is 4. The summed E-state index contributed by atoms with van der Waals surface area (Å²) in [6.45, 7) is 10.7. The molecule has 0 radical (unpaired) electrons. The first kappa shape index (κ1) is 80.5. The number of aromatic nitrogens is 6. The maximum atomic E-state index is 13.4. The normalized spacial score (nSPS) is 15.7. The molecule has 3 unspecified atom stereocenters. The molecule has 3 saturated heterocycles. The molecule has 3 amide bonds. The Morgan fingerprint density at radius 3 is 1.61 bits per heavy atom. The van der Waals surface area contributed by atoms with Crippen LogP contribution < -0.4 is 39.5 Å². The summed E-state index contributed by atoms with van der Waals surface area (Å²) >= 11 is 15.6. The first-order valence-electron chi connectivity index (χ1n) is 33.7. The summed E-state index contributed by atoms with van der Waals surface area (Å²) in [4.78, 5) is 75.5. The van der Waals surface area contributed by atoms with E-state index < -0.39 is 60.1 Å². The summed E-state index contributed by atoms with van der Waals surface area (Å²) in [6.07, 6.45) is 5.05. The fourth-order valence-corrected chi connectivity index (χ4v) is 15.1. The number of carbonyl (C=O) groups excluding carboxylic acids is 3. The molecule has 3 aromatic heterocycles. The van der Waals surface area contributed by atoms with Gasteiger partial charge in [0.15, 0.2) is 18.0 Å². The molecule has 578 valence electrons. The minimum atomic E-state index is -4.62. The lowest BCUT2D eigenvalue weighted by Crippen LogP contribution is -2.55. The highest BCUT2D eigenvalue weighted by Gasteiger charge is 2.36. The molecular weight excluding hydrogens is 1520 g/mol. The predicted molar refractivity (Wildman–Crippen MR) is 413 cm³/mol. The molecule has 4 aliphatic heterocycles. The smallest absolute Gasteiger partial charge is 0.417 e. The second-order valence-corrected chi connectivity index (χ2v) is 30.3. The number of anilines is 7.